The van der Waals surface area contributed by atoms with Gasteiger partial charge in [-0.2, -0.15) is 0 Å². The van der Waals surface area contributed by atoms with Gasteiger partial charge in [-0.15, -0.1) is 11.6 Å². The molecule has 0 N–H and O–H groups in total. The fraction of sp³-hybridized carbons (Fsp3) is 0.600. The van der Waals surface area contributed by atoms with Crippen molar-refractivity contribution >= 4 is 11.6 Å². The van der Waals surface area contributed by atoms with Crippen molar-refractivity contribution in [2.24, 2.45) is 5.41 Å². The monoisotopic (exact) mass is 236 g/mol. The van der Waals surface area contributed by atoms with Crippen molar-refractivity contribution in [2.45, 2.75) is 46.0 Å². The zero-order chi connectivity index (χ0) is 11.6. The van der Waals surface area contributed by atoms with Crippen LogP contribution in [0.5, 0.6) is 0 Å². The molecule has 16 heavy (non-hydrogen) atoms. The van der Waals surface area contributed by atoms with Gasteiger partial charge in [-0.05, 0) is 49.7 Å². The molecular weight excluding hydrogens is 216 g/mol. The Hall–Kier alpha value is -0.490. The summed E-state index contributed by atoms with van der Waals surface area (Å²) in [6, 6.07) is 6.77. The van der Waals surface area contributed by atoms with Crippen molar-refractivity contribution in [3.8, 4) is 0 Å². The first-order valence-electron chi connectivity index (χ1n) is 6.27. The van der Waals surface area contributed by atoms with Crippen LogP contribution in [0.15, 0.2) is 18.2 Å². The normalized spacial score (nSPS) is 18.9. The molecule has 0 aliphatic heterocycles. The van der Waals surface area contributed by atoms with Crippen LogP contribution in [0.1, 0.15) is 42.4 Å². The van der Waals surface area contributed by atoms with Crippen molar-refractivity contribution in [1.29, 1.82) is 0 Å². The molecule has 0 bridgehead atoms. The van der Waals surface area contributed by atoms with Crippen LogP contribution >= 0.6 is 11.6 Å². The molecule has 0 spiro atoms. The summed E-state index contributed by atoms with van der Waals surface area (Å²) >= 11 is 6.21. The third-order valence-corrected chi connectivity index (χ3v) is 4.58. The summed E-state index contributed by atoms with van der Waals surface area (Å²) in [5.74, 6) is 0.820. The average Bonchev–Trinajstić information content (AvgIpc) is 2.73. The minimum Gasteiger partial charge on any atom is -0.126 e. The van der Waals surface area contributed by atoms with Crippen molar-refractivity contribution in [3.63, 3.8) is 0 Å². The van der Waals surface area contributed by atoms with Gasteiger partial charge in [-0.1, -0.05) is 36.6 Å². The van der Waals surface area contributed by atoms with Crippen LogP contribution < -0.4 is 0 Å². The van der Waals surface area contributed by atoms with Gasteiger partial charge < -0.3 is 0 Å². The molecule has 1 saturated carbocycles. The highest BCUT2D eigenvalue weighted by molar-refractivity contribution is 6.18. The second-order valence-corrected chi connectivity index (χ2v) is 5.71. The van der Waals surface area contributed by atoms with E-state index in [9.17, 15) is 0 Å². The van der Waals surface area contributed by atoms with Crippen LogP contribution in [-0.2, 0) is 6.42 Å². The molecule has 0 amide bonds. The predicted molar refractivity (Wildman–Crippen MR) is 71.2 cm³/mol. The van der Waals surface area contributed by atoms with Crippen LogP contribution in [0.3, 0.4) is 0 Å². The molecule has 0 radical (unpaired) electrons. The summed E-state index contributed by atoms with van der Waals surface area (Å²) in [5.41, 5.74) is 4.67. The summed E-state index contributed by atoms with van der Waals surface area (Å²) in [5, 5.41) is 0. The van der Waals surface area contributed by atoms with E-state index in [0.717, 1.165) is 5.88 Å². The lowest BCUT2D eigenvalue weighted by molar-refractivity contribution is 0.340. The maximum Gasteiger partial charge on any atom is 0.0283 e. The molecule has 0 unspecified atom stereocenters. The summed E-state index contributed by atoms with van der Waals surface area (Å²) in [7, 11) is 0. The molecular formula is C15H21Cl. The van der Waals surface area contributed by atoms with Crippen LogP contribution in [0.25, 0.3) is 0 Å². The number of aryl methyl sites for hydroxylation is 2. The minimum absolute atomic E-state index is 0.389. The molecule has 0 heterocycles. The molecule has 0 atom stereocenters. The van der Waals surface area contributed by atoms with E-state index in [4.69, 9.17) is 11.6 Å². The number of halogens is 1. The summed E-state index contributed by atoms with van der Waals surface area (Å²) < 4.78 is 0. The zero-order valence-corrected chi connectivity index (χ0v) is 11.1. The second-order valence-electron chi connectivity index (χ2n) is 5.45. The lowest BCUT2D eigenvalue weighted by atomic mass is 9.80. The molecule has 1 aliphatic rings. The first-order chi connectivity index (χ1) is 7.65. The lowest BCUT2D eigenvalue weighted by Gasteiger charge is -2.27. The van der Waals surface area contributed by atoms with E-state index >= 15 is 0 Å². The summed E-state index contributed by atoms with van der Waals surface area (Å²) in [6.45, 7) is 4.39. The van der Waals surface area contributed by atoms with E-state index in [1.807, 2.05) is 0 Å². The number of rotatable bonds is 3. The van der Waals surface area contributed by atoms with Crippen molar-refractivity contribution in [1.82, 2.24) is 0 Å². The minimum atomic E-state index is 0.389. The van der Waals surface area contributed by atoms with E-state index in [1.54, 1.807) is 0 Å². The van der Waals surface area contributed by atoms with E-state index in [0.29, 0.717) is 5.41 Å². The largest absolute Gasteiger partial charge is 0.126 e. The number of hydrogen-bond acceptors (Lipinski definition) is 0. The fourth-order valence-corrected chi connectivity index (χ4v) is 3.24. The highest BCUT2D eigenvalue weighted by atomic mass is 35.5. The molecule has 0 aromatic heterocycles. The van der Waals surface area contributed by atoms with E-state index in [1.165, 1.54) is 48.8 Å². The van der Waals surface area contributed by atoms with Gasteiger partial charge in [0.2, 0.25) is 0 Å². The Morgan fingerprint density at radius 1 is 1.19 bits per heavy atom. The molecule has 88 valence electrons. The number of benzene rings is 1. The molecule has 1 aliphatic carbocycles. The van der Waals surface area contributed by atoms with Gasteiger partial charge in [0.25, 0.3) is 0 Å². The number of alkyl halides is 1. The Morgan fingerprint density at radius 3 is 2.50 bits per heavy atom. The topological polar surface area (TPSA) is 0 Å². The average molecular weight is 237 g/mol. The SMILES string of the molecule is Cc1ccc(C)c(CC2(CCl)CCCC2)c1. The van der Waals surface area contributed by atoms with Gasteiger partial charge in [0.15, 0.2) is 0 Å². The molecule has 1 fully saturated rings. The predicted octanol–water partition coefficient (Wildman–Crippen LogP) is 4.65. The highest BCUT2D eigenvalue weighted by Gasteiger charge is 2.33. The Balaban J connectivity index is 2.21. The zero-order valence-electron chi connectivity index (χ0n) is 10.4. The van der Waals surface area contributed by atoms with Gasteiger partial charge in [0.1, 0.15) is 0 Å². The molecule has 1 aromatic rings. The van der Waals surface area contributed by atoms with E-state index in [-0.39, 0.29) is 0 Å². The van der Waals surface area contributed by atoms with Crippen LogP contribution in [0.2, 0.25) is 0 Å². The first-order valence-corrected chi connectivity index (χ1v) is 6.81. The third kappa shape index (κ3) is 2.43. The van der Waals surface area contributed by atoms with Crippen LogP contribution in [-0.4, -0.2) is 5.88 Å². The van der Waals surface area contributed by atoms with Gasteiger partial charge in [0.05, 0.1) is 0 Å². The summed E-state index contributed by atoms with van der Waals surface area (Å²) in [4.78, 5) is 0. The number of hydrogen-bond donors (Lipinski definition) is 0. The van der Waals surface area contributed by atoms with Gasteiger partial charge in [0, 0.05) is 5.88 Å². The molecule has 1 aromatic carbocycles. The quantitative estimate of drug-likeness (QED) is 0.671. The standard InChI is InChI=1S/C15H21Cl/c1-12-5-6-13(2)14(9-12)10-15(11-16)7-3-4-8-15/h5-6,9H,3-4,7-8,10-11H2,1-2H3. The Morgan fingerprint density at radius 2 is 1.88 bits per heavy atom. The lowest BCUT2D eigenvalue weighted by Crippen LogP contribution is -2.22. The van der Waals surface area contributed by atoms with Gasteiger partial charge >= 0.3 is 0 Å². The Labute approximate surface area is 104 Å². The fourth-order valence-electron chi connectivity index (χ4n) is 2.88. The first kappa shape index (κ1) is 12.0. The van der Waals surface area contributed by atoms with Crippen molar-refractivity contribution < 1.29 is 0 Å². The summed E-state index contributed by atoms with van der Waals surface area (Å²) in [6.07, 6.45) is 6.51. The molecule has 0 saturated heterocycles. The van der Waals surface area contributed by atoms with E-state index in [2.05, 4.69) is 32.0 Å². The highest BCUT2D eigenvalue weighted by Crippen LogP contribution is 2.42. The second kappa shape index (κ2) is 4.79. The van der Waals surface area contributed by atoms with Gasteiger partial charge in [-0.25, -0.2) is 0 Å². The third-order valence-electron chi connectivity index (χ3n) is 4.02. The van der Waals surface area contributed by atoms with Crippen LogP contribution in [0.4, 0.5) is 0 Å². The Kier molecular flexibility index (Phi) is 3.59. The van der Waals surface area contributed by atoms with Gasteiger partial charge in [-0.3, -0.25) is 0 Å². The smallest absolute Gasteiger partial charge is 0.0283 e. The van der Waals surface area contributed by atoms with Crippen molar-refractivity contribution in [3.05, 3.63) is 34.9 Å². The molecule has 1 heteroatoms. The maximum atomic E-state index is 6.21. The van der Waals surface area contributed by atoms with Crippen LogP contribution in [0, 0.1) is 19.3 Å². The molecule has 0 nitrogen and oxygen atoms in total. The van der Waals surface area contributed by atoms with Crippen molar-refractivity contribution in [2.75, 3.05) is 5.88 Å². The van der Waals surface area contributed by atoms with E-state index < -0.39 is 0 Å². The Bertz CT molecular complexity index is 362. The molecule has 2 rings (SSSR count). The maximum absolute atomic E-state index is 6.21.